The average molecular weight is 575 g/mol. The minimum absolute atomic E-state index is 0.0145. The molecule has 2 aliphatic carbocycles. The average Bonchev–Trinajstić information content (AvgIpc) is 3.63. The van der Waals surface area contributed by atoms with E-state index in [1.165, 1.54) is 19.5 Å². The Kier molecular flexibility index (Phi) is 8.06. The van der Waals surface area contributed by atoms with Gasteiger partial charge >= 0.3 is 0 Å². The summed E-state index contributed by atoms with van der Waals surface area (Å²) in [6.07, 6.45) is 9.11. The highest BCUT2D eigenvalue weighted by Gasteiger charge is 2.33. The summed E-state index contributed by atoms with van der Waals surface area (Å²) in [5.41, 5.74) is 0.818. The quantitative estimate of drug-likeness (QED) is 0.377. The van der Waals surface area contributed by atoms with Crippen LogP contribution in [-0.2, 0) is 4.74 Å². The van der Waals surface area contributed by atoms with E-state index in [0.717, 1.165) is 49.9 Å². The molecule has 13 heteroatoms. The van der Waals surface area contributed by atoms with E-state index in [1.807, 2.05) is 0 Å². The Morgan fingerprint density at radius 2 is 1.95 bits per heavy atom. The first kappa shape index (κ1) is 27.4. The van der Waals surface area contributed by atoms with Crippen LogP contribution in [0.2, 0.25) is 5.15 Å². The predicted octanol–water partition coefficient (Wildman–Crippen LogP) is 4.92. The topological polar surface area (TPSA) is 119 Å². The summed E-state index contributed by atoms with van der Waals surface area (Å²) in [6.45, 7) is 1.71. The molecule has 0 aromatic carbocycles. The van der Waals surface area contributed by atoms with Gasteiger partial charge in [0, 0.05) is 30.5 Å². The summed E-state index contributed by atoms with van der Waals surface area (Å²) in [4.78, 5) is 36.1. The number of nitrogens with one attached hydrogen (secondary N) is 1. The molecule has 39 heavy (non-hydrogen) atoms. The SMILES string of the molecule is COc1cnc(Cl)c(F)c1-c1cc(C)ncc1C(=O)Nc1nnc(C(=O)N(C)[C@H]2CCC[C@@H](OC3CC3)C2)s1. The molecule has 0 unspecified atom stereocenters. The Morgan fingerprint density at radius 1 is 1.15 bits per heavy atom. The van der Waals surface area contributed by atoms with Gasteiger partial charge in [-0.05, 0) is 51.5 Å². The normalized spacial score (nSPS) is 19.0. The number of hydrogen-bond acceptors (Lipinski definition) is 9. The highest BCUT2D eigenvalue weighted by Crippen LogP contribution is 2.37. The molecule has 206 valence electrons. The molecular weight excluding hydrogens is 547 g/mol. The predicted molar refractivity (Wildman–Crippen MR) is 144 cm³/mol. The maximum absolute atomic E-state index is 15.1. The van der Waals surface area contributed by atoms with Crippen LogP contribution >= 0.6 is 22.9 Å². The molecule has 3 aromatic rings. The summed E-state index contributed by atoms with van der Waals surface area (Å²) in [7, 11) is 3.13. The fourth-order valence-corrected chi connectivity index (χ4v) is 5.58. The van der Waals surface area contributed by atoms with Crippen LogP contribution in [0.4, 0.5) is 9.52 Å². The van der Waals surface area contributed by atoms with Crippen LogP contribution in [0.15, 0.2) is 18.5 Å². The second-order valence-electron chi connectivity index (χ2n) is 9.74. The molecule has 0 radical (unpaired) electrons. The van der Waals surface area contributed by atoms with Gasteiger partial charge in [0.1, 0.15) is 5.75 Å². The number of carbonyl (C=O) groups excluding carboxylic acids is 2. The van der Waals surface area contributed by atoms with Gasteiger partial charge in [0.15, 0.2) is 11.0 Å². The highest BCUT2D eigenvalue weighted by atomic mass is 35.5. The number of nitrogens with zero attached hydrogens (tertiary/aromatic N) is 5. The van der Waals surface area contributed by atoms with E-state index in [4.69, 9.17) is 21.1 Å². The number of pyridine rings is 2. The molecule has 2 aliphatic rings. The fourth-order valence-electron chi connectivity index (χ4n) is 4.71. The Bertz CT molecular complexity index is 1400. The second-order valence-corrected chi connectivity index (χ2v) is 11.1. The van der Waals surface area contributed by atoms with E-state index in [2.05, 4.69) is 25.5 Å². The summed E-state index contributed by atoms with van der Waals surface area (Å²) in [5, 5.41) is 10.6. The Hall–Kier alpha value is -3.22. The van der Waals surface area contributed by atoms with Crippen LogP contribution in [0.1, 0.15) is 64.4 Å². The molecule has 3 aromatic heterocycles. The van der Waals surface area contributed by atoms with Gasteiger partial charge in [0.25, 0.3) is 11.8 Å². The lowest BCUT2D eigenvalue weighted by atomic mass is 9.92. The van der Waals surface area contributed by atoms with Crippen molar-refractivity contribution in [3.8, 4) is 16.9 Å². The van der Waals surface area contributed by atoms with E-state index in [0.29, 0.717) is 11.8 Å². The van der Waals surface area contributed by atoms with Crippen molar-refractivity contribution in [1.29, 1.82) is 0 Å². The molecule has 0 aliphatic heterocycles. The van der Waals surface area contributed by atoms with Crippen molar-refractivity contribution in [3.63, 3.8) is 0 Å². The number of hydrogen-bond donors (Lipinski definition) is 1. The van der Waals surface area contributed by atoms with Gasteiger partial charge in [-0.15, -0.1) is 10.2 Å². The number of aryl methyl sites for hydroxylation is 1. The molecule has 0 saturated heterocycles. The van der Waals surface area contributed by atoms with E-state index in [1.54, 1.807) is 24.9 Å². The van der Waals surface area contributed by atoms with Crippen molar-refractivity contribution in [2.24, 2.45) is 0 Å². The summed E-state index contributed by atoms with van der Waals surface area (Å²) < 4.78 is 26.4. The van der Waals surface area contributed by atoms with Gasteiger partial charge in [-0.2, -0.15) is 0 Å². The first-order valence-electron chi connectivity index (χ1n) is 12.7. The van der Waals surface area contributed by atoms with Crippen LogP contribution in [0.5, 0.6) is 5.75 Å². The molecule has 3 heterocycles. The monoisotopic (exact) mass is 574 g/mol. The fraction of sp³-hybridized carbons (Fsp3) is 0.462. The van der Waals surface area contributed by atoms with E-state index < -0.39 is 11.7 Å². The summed E-state index contributed by atoms with van der Waals surface area (Å²) in [6, 6.07) is 1.61. The minimum atomic E-state index is -0.824. The van der Waals surface area contributed by atoms with Crippen molar-refractivity contribution in [1.82, 2.24) is 25.1 Å². The van der Waals surface area contributed by atoms with Gasteiger partial charge in [-0.25, -0.2) is 9.37 Å². The first-order valence-corrected chi connectivity index (χ1v) is 13.9. The molecule has 2 amide bonds. The van der Waals surface area contributed by atoms with Gasteiger partial charge in [0.2, 0.25) is 10.1 Å². The van der Waals surface area contributed by atoms with E-state index in [-0.39, 0.29) is 55.8 Å². The zero-order chi connectivity index (χ0) is 27.7. The number of halogens is 2. The molecular formula is C26H28ClFN6O4S. The molecule has 2 fully saturated rings. The molecule has 1 N–H and O–H groups in total. The van der Waals surface area contributed by atoms with E-state index in [9.17, 15) is 9.59 Å². The van der Waals surface area contributed by atoms with Crippen molar-refractivity contribution >= 4 is 39.9 Å². The molecule has 2 atom stereocenters. The summed E-state index contributed by atoms with van der Waals surface area (Å²) in [5.74, 6) is -1.59. The number of aromatic nitrogens is 4. The lowest BCUT2D eigenvalue weighted by Gasteiger charge is -2.34. The van der Waals surface area contributed by atoms with Crippen molar-refractivity contribution < 1.29 is 23.5 Å². The number of anilines is 1. The third kappa shape index (κ3) is 6.02. The maximum atomic E-state index is 15.1. The number of amides is 2. The van der Waals surface area contributed by atoms with Crippen LogP contribution in [0.25, 0.3) is 11.1 Å². The first-order chi connectivity index (χ1) is 18.7. The smallest absolute Gasteiger partial charge is 0.284 e. The summed E-state index contributed by atoms with van der Waals surface area (Å²) >= 11 is 6.89. The Labute approximate surface area is 233 Å². The Morgan fingerprint density at radius 3 is 2.69 bits per heavy atom. The van der Waals surface area contributed by atoms with Gasteiger partial charge in [-0.3, -0.25) is 19.9 Å². The Balaban J connectivity index is 1.32. The van der Waals surface area contributed by atoms with Crippen molar-refractivity contribution in [2.45, 2.75) is 63.7 Å². The largest absolute Gasteiger partial charge is 0.494 e. The molecule has 0 spiro atoms. The van der Waals surface area contributed by atoms with Crippen LogP contribution in [-0.4, -0.2) is 69.3 Å². The van der Waals surface area contributed by atoms with Crippen LogP contribution in [0, 0.1) is 12.7 Å². The van der Waals surface area contributed by atoms with Crippen molar-refractivity contribution in [2.75, 3.05) is 19.5 Å². The zero-order valence-electron chi connectivity index (χ0n) is 21.7. The molecule has 0 bridgehead atoms. The third-order valence-electron chi connectivity index (χ3n) is 6.92. The van der Waals surface area contributed by atoms with E-state index >= 15 is 4.39 Å². The lowest BCUT2D eigenvalue weighted by molar-refractivity contribution is -0.00525. The zero-order valence-corrected chi connectivity index (χ0v) is 23.3. The van der Waals surface area contributed by atoms with Gasteiger partial charge < -0.3 is 14.4 Å². The lowest BCUT2D eigenvalue weighted by Crippen LogP contribution is -2.42. The molecule has 5 rings (SSSR count). The second kappa shape index (κ2) is 11.5. The third-order valence-corrected chi connectivity index (χ3v) is 8.01. The van der Waals surface area contributed by atoms with Crippen molar-refractivity contribution in [3.05, 3.63) is 45.7 Å². The highest BCUT2D eigenvalue weighted by molar-refractivity contribution is 7.17. The standard InChI is InChI=1S/C26H28ClFN6O4S/c1-13-9-17(20-19(37-3)12-30-22(27)21(20)28)18(11-29-13)23(35)31-26-33-32-24(39-26)25(36)34(2)14-5-4-6-16(10-14)38-15-7-8-15/h9,11-12,14-16H,4-8,10H2,1-3H3,(H,31,33,35)/t14-,16+/m0/s1. The molecule has 2 saturated carbocycles. The maximum Gasteiger partial charge on any atom is 0.284 e. The number of carbonyl (C=O) groups is 2. The number of ether oxygens (including phenoxy) is 2. The van der Waals surface area contributed by atoms with Gasteiger partial charge in [0.05, 0.1) is 36.6 Å². The number of methoxy groups -OCH3 is 1. The van der Waals surface area contributed by atoms with Crippen LogP contribution < -0.4 is 10.1 Å². The van der Waals surface area contributed by atoms with Crippen LogP contribution in [0.3, 0.4) is 0 Å². The minimum Gasteiger partial charge on any atom is -0.494 e. The number of rotatable bonds is 8. The van der Waals surface area contributed by atoms with Gasteiger partial charge in [-0.1, -0.05) is 22.9 Å². The molecule has 10 nitrogen and oxygen atoms in total.